The first kappa shape index (κ1) is 15.1. The summed E-state index contributed by atoms with van der Waals surface area (Å²) < 4.78 is 0. The van der Waals surface area contributed by atoms with Gasteiger partial charge in [-0.25, -0.2) is 15.0 Å². The second-order valence-corrected chi connectivity index (χ2v) is 6.06. The zero-order valence-electron chi connectivity index (χ0n) is 11.9. The van der Waals surface area contributed by atoms with Crippen LogP contribution in [-0.2, 0) is 13.0 Å². The molecule has 108 valence electrons. The van der Waals surface area contributed by atoms with Gasteiger partial charge in [-0.2, -0.15) is 0 Å². The maximum atomic E-state index is 4.45. The van der Waals surface area contributed by atoms with E-state index in [9.17, 15) is 0 Å². The first-order valence-corrected chi connectivity index (χ1v) is 8.63. The van der Waals surface area contributed by atoms with Crippen LogP contribution in [-0.4, -0.2) is 27.8 Å². The van der Waals surface area contributed by atoms with Crippen LogP contribution in [0.2, 0.25) is 0 Å². The summed E-state index contributed by atoms with van der Waals surface area (Å²) in [5, 5.41) is 8.38. The van der Waals surface area contributed by atoms with E-state index in [4.69, 9.17) is 0 Å². The summed E-state index contributed by atoms with van der Waals surface area (Å²) in [6, 6.07) is 1.93. The van der Waals surface area contributed by atoms with Crippen molar-refractivity contribution in [3.63, 3.8) is 0 Å². The average molecular weight is 309 g/mol. The lowest BCUT2D eigenvalue weighted by atomic mass is 10.4. The highest BCUT2D eigenvalue weighted by molar-refractivity contribution is 7.98. The smallest absolute Gasteiger partial charge is 0.191 e. The second kappa shape index (κ2) is 7.44. The van der Waals surface area contributed by atoms with Crippen LogP contribution >= 0.6 is 23.1 Å². The Balaban J connectivity index is 2.05. The molecule has 0 bridgehead atoms. The number of thiazole rings is 1. The Morgan fingerprint density at radius 1 is 1.20 bits per heavy atom. The van der Waals surface area contributed by atoms with Gasteiger partial charge in [0, 0.05) is 23.7 Å². The molecule has 0 fully saturated rings. The number of anilines is 2. The van der Waals surface area contributed by atoms with Crippen molar-refractivity contribution >= 4 is 34.7 Å². The zero-order valence-corrected chi connectivity index (χ0v) is 13.6. The molecule has 0 aliphatic carbocycles. The summed E-state index contributed by atoms with van der Waals surface area (Å²) in [7, 11) is 0. The number of aromatic nitrogens is 3. The Bertz CT molecular complexity index is 555. The number of nitrogens with one attached hydrogen (secondary N) is 2. The molecule has 2 rings (SSSR count). The van der Waals surface area contributed by atoms with Crippen LogP contribution in [0.4, 0.5) is 11.6 Å². The fourth-order valence-corrected chi connectivity index (χ4v) is 2.82. The van der Waals surface area contributed by atoms with E-state index in [1.165, 1.54) is 16.6 Å². The fraction of sp³-hybridized carbons (Fsp3) is 0.462. The minimum atomic E-state index is 0.696. The monoisotopic (exact) mass is 309 g/mol. The van der Waals surface area contributed by atoms with Crippen LogP contribution in [0, 0.1) is 0 Å². The van der Waals surface area contributed by atoms with Crippen LogP contribution < -0.4 is 10.6 Å². The van der Waals surface area contributed by atoms with E-state index in [0.717, 1.165) is 34.8 Å². The molecule has 0 amide bonds. The van der Waals surface area contributed by atoms with Gasteiger partial charge in [-0.3, -0.25) is 0 Å². The summed E-state index contributed by atoms with van der Waals surface area (Å²) in [4.78, 5) is 14.6. The summed E-state index contributed by atoms with van der Waals surface area (Å²) in [5.41, 5.74) is 0. The first-order chi connectivity index (χ1) is 9.75. The van der Waals surface area contributed by atoms with Crippen molar-refractivity contribution in [2.75, 3.05) is 23.4 Å². The normalized spacial score (nSPS) is 10.6. The van der Waals surface area contributed by atoms with Crippen LogP contribution in [0.1, 0.15) is 23.7 Å². The third kappa shape index (κ3) is 4.08. The Morgan fingerprint density at radius 2 is 1.95 bits per heavy atom. The molecular formula is C13H19N5S2. The fourth-order valence-electron chi connectivity index (χ4n) is 1.64. The molecule has 0 unspecified atom stereocenters. The largest absolute Gasteiger partial charge is 0.370 e. The van der Waals surface area contributed by atoms with E-state index in [0.29, 0.717) is 6.54 Å². The van der Waals surface area contributed by atoms with E-state index in [1.54, 1.807) is 11.3 Å². The molecule has 2 aromatic heterocycles. The Hall–Kier alpha value is -1.34. The lowest BCUT2D eigenvalue weighted by Crippen LogP contribution is -2.06. The molecule has 2 heterocycles. The van der Waals surface area contributed by atoms with Crippen LogP contribution in [0.15, 0.2) is 17.4 Å². The summed E-state index contributed by atoms with van der Waals surface area (Å²) in [6.45, 7) is 5.73. The molecule has 0 saturated heterocycles. The number of thioether (sulfide) groups is 1. The van der Waals surface area contributed by atoms with Gasteiger partial charge in [-0.15, -0.1) is 11.3 Å². The Kier molecular flexibility index (Phi) is 5.60. The predicted molar refractivity (Wildman–Crippen MR) is 86.8 cm³/mol. The van der Waals surface area contributed by atoms with Crippen molar-refractivity contribution in [3.8, 4) is 0 Å². The van der Waals surface area contributed by atoms with Crippen molar-refractivity contribution in [1.82, 2.24) is 15.0 Å². The Morgan fingerprint density at radius 3 is 2.55 bits per heavy atom. The van der Waals surface area contributed by atoms with Gasteiger partial charge in [0.25, 0.3) is 0 Å². The molecule has 2 aromatic rings. The van der Waals surface area contributed by atoms with Crippen molar-refractivity contribution in [1.29, 1.82) is 0 Å². The molecule has 0 saturated carbocycles. The van der Waals surface area contributed by atoms with Gasteiger partial charge in [0.1, 0.15) is 16.6 Å². The molecule has 7 heteroatoms. The summed E-state index contributed by atoms with van der Waals surface area (Å²) >= 11 is 3.28. The van der Waals surface area contributed by atoms with E-state index >= 15 is 0 Å². The maximum Gasteiger partial charge on any atom is 0.191 e. The van der Waals surface area contributed by atoms with E-state index in [2.05, 4.69) is 39.4 Å². The maximum absolute atomic E-state index is 4.45. The molecular weight excluding hydrogens is 290 g/mol. The highest BCUT2D eigenvalue weighted by Gasteiger charge is 2.05. The van der Waals surface area contributed by atoms with Gasteiger partial charge in [0.15, 0.2) is 5.16 Å². The van der Waals surface area contributed by atoms with Crippen LogP contribution in [0.3, 0.4) is 0 Å². The van der Waals surface area contributed by atoms with Gasteiger partial charge in [0.05, 0.1) is 6.54 Å². The van der Waals surface area contributed by atoms with Crippen molar-refractivity contribution in [2.24, 2.45) is 0 Å². The molecule has 20 heavy (non-hydrogen) atoms. The molecule has 0 spiro atoms. The van der Waals surface area contributed by atoms with Crippen LogP contribution in [0.25, 0.3) is 0 Å². The number of nitrogens with zero attached hydrogens (tertiary/aromatic N) is 3. The van der Waals surface area contributed by atoms with Gasteiger partial charge in [0.2, 0.25) is 0 Å². The number of rotatable bonds is 7. The lowest BCUT2D eigenvalue weighted by molar-refractivity contribution is 0.947. The highest BCUT2D eigenvalue weighted by atomic mass is 32.2. The molecule has 5 nitrogen and oxygen atoms in total. The van der Waals surface area contributed by atoms with E-state index < -0.39 is 0 Å². The van der Waals surface area contributed by atoms with Gasteiger partial charge < -0.3 is 10.6 Å². The molecule has 0 aromatic carbocycles. The molecule has 0 aliphatic rings. The van der Waals surface area contributed by atoms with E-state index in [-0.39, 0.29) is 0 Å². The third-order valence-electron chi connectivity index (χ3n) is 2.62. The molecule has 0 aliphatic heterocycles. The zero-order chi connectivity index (χ0) is 14.4. The lowest BCUT2D eigenvalue weighted by Gasteiger charge is -2.08. The number of aryl methyl sites for hydroxylation is 1. The average Bonchev–Trinajstić information content (AvgIpc) is 2.93. The van der Waals surface area contributed by atoms with Gasteiger partial charge in [-0.1, -0.05) is 18.7 Å². The molecule has 0 atom stereocenters. The highest BCUT2D eigenvalue weighted by Crippen LogP contribution is 2.19. The standard InChI is InChI=1S/C13H19N5S2/c1-4-9-7-16-12(20-9)8-15-11-6-10(14-5-2)17-13(18-11)19-3/h6-7H,4-5,8H2,1-3H3,(H2,14,15,17,18). The summed E-state index contributed by atoms with van der Waals surface area (Å²) in [6.07, 6.45) is 4.95. The second-order valence-electron chi connectivity index (χ2n) is 4.08. The topological polar surface area (TPSA) is 62.7 Å². The first-order valence-electron chi connectivity index (χ1n) is 6.59. The minimum absolute atomic E-state index is 0.696. The van der Waals surface area contributed by atoms with E-state index in [1.807, 2.05) is 18.5 Å². The molecule has 0 radical (unpaired) electrons. The van der Waals surface area contributed by atoms with Crippen molar-refractivity contribution in [2.45, 2.75) is 32.0 Å². The minimum Gasteiger partial charge on any atom is -0.370 e. The third-order valence-corrected chi connectivity index (χ3v) is 4.31. The Labute approximate surface area is 127 Å². The molecule has 2 N–H and O–H groups in total. The van der Waals surface area contributed by atoms with Gasteiger partial charge in [-0.05, 0) is 19.6 Å². The SMILES string of the molecule is CCNc1cc(NCc2ncc(CC)s2)nc(SC)n1. The van der Waals surface area contributed by atoms with Crippen LogP contribution in [0.5, 0.6) is 0 Å². The number of hydrogen-bond acceptors (Lipinski definition) is 7. The van der Waals surface area contributed by atoms with Crippen molar-refractivity contribution < 1.29 is 0 Å². The predicted octanol–water partition coefficient (Wildman–Crippen LogP) is 3.26. The van der Waals surface area contributed by atoms with Gasteiger partial charge >= 0.3 is 0 Å². The summed E-state index contributed by atoms with van der Waals surface area (Å²) in [5.74, 6) is 1.68. The number of hydrogen-bond donors (Lipinski definition) is 2. The quantitative estimate of drug-likeness (QED) is 0.604. The van der Waals surface area contributed by atoms with Crippen molar-refractivity contribution in [3.05, 3.63) is 22.1 Å².